The van der Waals surface area contributed by atoms with Crippen molar-refractivity contribution in [3.05, 3.63) is 63.4 Å². The number of pyridine rings is 1. The van der Waals surface area contributed by atoms with Gasteiger partial charge in [-0.05, 0) is 30.5 Å². The van der Waals surface area contributed by atoms with Crippen molar-refractivity contribution >= 4 is 45.8 Å². The molecule has 1 aliphatic heterocycles. The standard InChI is InChI=1S/C18H18Cl2N4OS/c1-18(5-6-26-17(21)23-18)12-4-2-3-11(7-12)8-15(24-25)16-14(20)9-13(19)10-22-16/h2-4,7,9-10,25H,5-6,8H2,1H3,(H2,21,23)/b24-15-. The van der Waals surface area contributed by atoms with Crippen LogP contribution in [0, 0.1) is 0 Å². The van der Waals surface area contributed by atoms with E-state index in [4.69, 9.17) is 28.9 Å². The first-order valence-electron chi connectivity index (χ1n) is 8.01. The van der Waals surface area contributed by atoms with Gasteiger partial charge in [0.1, 0.15) is 11.4 Å². The molecule has 1 aromatic heterocycles. The van der Waals surface area contributed by atoms with Crippen LogP contribution >= 0.6 is 35.0 Å². The molecule has 2 heterocycles. The summed E-state index contributed by atoms with van der Waals surface area (Å²) in [6, 6.07) is 9.61. The van der Waals surface area contributed by atoms with Gasteiger partial charge in [0.05, 0.1) is 15.6 Å². The predicted molar refractivity (Wildman–Crippen MR) is 109 cm³/mol. The SMILES string of the molecule is CC1(c2cccc(C/C(=N/O)c3ncc(Cl)cc3Cl)c2)CCSC(N)=N1. The summed E-state index contributed by atoms with van der Waals surface area (Å²) >= 11 is 13.6. The lowest BCUT2D eigenvalue weighted by Crippen LogP contribution is -2.28. The van der Waals surface area contributed by atoms with Crippen LogP contribution in [-0.4, -0.2) is 26.8 Å². The summed E-state index contributed by atoms with van der Waals surface area (Å²) in [6.45, 7) is 2.08. The number of amidine groups is 1. The summed E-state index contributed by atoms with van der Waals surface area (Å²) in [7, 11) is 0. The van der Waals surface area contributed by atoms with Crippen molar-refractivity contribution in [2.45, 2.75) is 25.3 Å². The zero-order valence-electron chi connectivity index (χ0n) is 14.1. The van der Waals surface area contributed by atoms with Crippen LogP contribution in [0.3, 0.4) is 0 Å². The highest BCUT2D eigenvalue weighted by Crippen LogP contribution is 2.35. The van der Waals surface area contributed by atoms with E-state index in [-0.39, 0.29) is 5.54 Å². The molecule has 0 spiro atoms. The second-order valence-corrected chi connectivity index (χ2v) is 8.19. The second-order valence-electron chi connectivity index (χ2n) is 6.23. The minimum absolute atomic E-state index is 0.343. The van der Waals surface area contributed by atoms with Gasteiger partial charge in [-0.15, -0.1) is 0 Å². The fourth-order valence-corrected chi connectivity index (χ4v) is 4.36. The summed E-state index contributed by atoms with van der Waals surface area (Å²) in [4.78, 5) is 8.82. The molecule has 0 saturated heterocycles. The highest BCUT2D eigenvalue weighted by Gasteiger charge is 2.29. The van der Waals surface area contributed by atoms with Crippen LogP contribution in [0.25, 0.3) is 0 Å². The van der Waals surface area contributed by atoms with Crippen molar-refractivity contribution in [2.24, 2.45) is 15.9 Å². The molecule has 1 unspecified atom stereocenters. The van der Waals surface area contributed by atoms with Gasteiger partial charge in [-0.25, -0.2) is 0 Å². The number of nitrogens with zero attached hydrogens (tertiary/aromatic N) is 3. The van der Waals surface area contributed by atoms with Crippen LogP contribution in [-0.2, 0) is 12.0 Å². The predicted octanol–water partition coefficient (Wildman–Crippen LogP) is 4.48. The molecular formula is C18H18Cl2N4OS. The summed E-state index contributed by atoms with van der Waals surface area (Å²) < 4.78 is 0. The maximum atomic E-state index is 9.45. The monoisotopic (exact) mass is 408 g/mol. The van der Waals surface area contributed by atoms with Crippen LogP contribution in [0.5, 0.6) is 0 Å². The largest absolute Gasteiger partial charge is 0.411 e. The average Bonchev–Trinajstić information content (AvgIpc) is 2.60. The molecule has 0 saturated carbocycles. The Morgan fingerprint density at radius 2 is 2.19 bits per heavy atom. The number of rotatable bonds is 4. The van der Waals surface area contributed by atoms with Crippen molar-refractivity contribution in [3.8, 4) is 0 Å². The van der Waals surface area contributed by atoms with E-state index < -0.39 is 0 Å². The molecule has 3 rings (SSSR count). The van der Waals surface area contributed by atoms with E-state index in [1.807, 2.05) is 18.2 Å². The fourth-order valence-electron chi connectivity index (χ4n) is 2.90. The molecule has 26 heavy (non-hydrogen) atoms. The van der Waals surface area contributed by atoms with Crippen molar-refractivity contribution in [2.75, 3.05) is 5.75 Å². The smallest absolute Gasteiger partial charge is 0.154 e. The van der Waals surface area contributed by atoms with Gasteiger partial charge in [-0.2, -0.15) is 0 Å². The number of nitrogens with two attached hydrogens (primary N) is 1. The Morgan fingerprint density at radius 1 is 1.38 bits per heavy atom. The number of aromatic nitrogens is 1. The Hall–Kier alpha value is -1.76. The molecule has 5 nitrogen and oxygen atoms in total. The topological polar surface area (TPSA) is 83.9 Å². The van der Waals surface area contributed by atoms with Gasteiger partial charge in [-0.1, -0.05) is 64.4 Å². The Kier molecular flexibility index (Phi) is 5.75. The van der Waals surface area contributed by atoms with Gasteiger partial charge in [0.25, 0.3) is 0 Å². The maximum absolute atomic E-state index is 9.45. The van der Waals surface area contributed by atoms with Crippen LogP contribution in [0.4, 0.5) is 0 Å². The quantitative estimate of drug-likeness (QED) is 0.443. The highest BCUT2D eigenvalue weighted by atomic mass is 35.5. The van der Waals surface area contributed by atoms with E-state index in [1.165, 1.54) is 6.20 Å². The molecule has 2 aromatic rings. The number of hydrogen-bond donors (Lipinski definition) is 2. The van der Waals surface area contributed by atoms with E-state index in [0.29, 0.717) is 33.0 Å². The summed E-state index contributed by atoms with van der Waals surface area (Å²) in [6.07, 6.45) is 2.76. The number of oxime groups is 1. The van der Waals surface area contributed by atoms with Gasteiger partial charge >= 0.3 is 0 Å². The van der Waals surface area contributed by atoms with Crippen LogP contribution in [0.15, 0.2) is 46.7 Å². The molecule has 0 aliphatic carbocycles. The first-order valence-corrected chi connectivity index (χ1v) is 9.75. The molecule has 0 fully saturated rings. The van der Waals surface area contributed by atoms with Crippen molar-refractivity contribution in [1.29, 1.82) is 0 Å². The van der Waals surface area contributed by atoms with Crippen molar-refractivity contribution in [3.63, 3.8) is 0 Å². The van der Waals surface area contributed by atoms with Crippen LogP contribution in [0.2, 0.25) is 10.0 Å². The third-order valence-electron chi connectivity index (χ3n) is 4.32. The molecule has 1 aliphatic rings. The normalized spacial score (nSPS) is 20.7. The number of hydrogen-bond acceptors (Lipinski definition) is 6. The van der Waals surface area contributed by atoms with E-state index >= 15 is 0 Å². The molecule has 1 aromatic carbocycles. The van der Waals surface area contributed by atoms with Crippen LogP contribution in [0.1, 0.15) is 30.2 Å². The van der Waals surface area contributed by atoms with Gasteiger partial charge in [-0.3, -0.25) is 9.98 Å². The van der Waals surface area contributed by atoms with Gasteiger partial charge in [0.15, 0.2) is 5.17 Å². The molecule has 0 amide bonds. The Bertz CT molecular complexity index is 887. The second kappa shape index (κ2) is 7.86. The number of thioether (sulfide) groups is 1. The molecule has 3 N–H and O–H groups in total. The maximum Gasteiger partial charge on any atom is 0.154 e. The third kappa shape index (κ3) is 4.14. The molecule has 136 valence electrons. The molecule has 0 bridgehead atoms. The summed E-state index contributed by atoms with van der Waals surface area (Å²) in [5, 5.41) is 14.2. The Labute approximate surface area is 166 Å². The minimum atomic E-state index is -0.349. The van der Waals surface area contributed by atoms with Crippen LogP contribution < -0.4 is 5.73 Å². The zero-order valence-corrected chi connectivity index (χ0v) is 16.4. The molecule has 1 atom stereocenters. The van der Waals surface area contributed by atoms with Crippen molar-refractivity contribution in [1.82, 2.24) is 4.98 Å². The zero-order chi connectivity index (χ0) is 18.7. The van der Waals surface area contributed by atoms with E-state index in [0.717, 1.165) is 23.3 Å². The lowest BCUT2D eigenvalue weighted by atomic mass is 9.88. The van der Waals surface area contributed by atoms with Gasteiger partial charge in [0, 0.05) is 18.4 Å². The molecule has 0 radical (unpaired) electrons. The molecule has 8 heteroatoms. The fraction of sp³-hybridized carbons (Fsp3) is 0.278. The first kappa shape index (κ1) is 19.0. The third-order valence-corrected chi connectivity index (χ3v) is 5.61. The number of aliphatic imine (C=N–C) groups is 1. The number of halogens is 2. The minimum Gasteiger partial charge on any atom is -0.411 e. The highest BCUT2D eigenvalue weighted by molar-refractivity contribution is 8.13. The Balaban J connectivity index is 1.90. The van der Waals surface area contributed by atoms with Gasteiger partial charge in [0.2, 0.25) is 0 Å². The van der Waals surface area contributed by atoms with E-state index in [9.17, 15) is 5.21 Å². The lowest BCUT2D eigenvalue weighted by molar-refractivity contribution is 0.318. The van der Waals surface area contributed by atoms with Gasteiger partial charge < -0.3 is 10.9 Å². The number of benzene rings is 1. The molecular weight excluding hydrogens is 391 g/mol. The summed E-state index contributed by atoms with van der Waals surface area (Å²) in [5.41, 5.74) is 8.39. The lowest BCUT2D eigenvalue weighted by Gasteiger charge is -2.30. The Morgan fingerprint density at radius 3 is 2.88 bits per heavy atom. The first-order chi connectivity index (χ1) is 12.4. The van der Waals surface area contributed by atoms with E-state index in [1.54, 1.807) is 17.8 Å². The van der Waals surface area contributed by atoms with Crippen molar-refractivity contribution < 1.29 is 5.21 Å². The average molecular weight is 409 g/mol. The van der Waals surface area contributed by atoms with E-state index in [2.05, 4.69) is 28.1 Å². The summed E-state index contributed by atoms with van der Waals surface area (Å²) in [5.74, 6) is 0.934.